The fourth-order valence-corrected chi connectivity index (χ4v) is 1.71. The van der Waals surface area contributed by atoms with Gasteiger partial charge in [0, 0.05) is 13.0 Å². The zero-order valence-corrected chi connectivity index (χ0v) is 9.71. The van der Waals surface area contributed by atoms with E-state index in [1.165, 1.54) is 0 Å². The van der Waals surface area contributed by atoms with E-state index in [1.54, 1.807) is 6.26 Å². The smallest absolute Gasteiger partial charge is 0.243 e. The minimum absolute atomic E-state index is 0.542. The summed E-state index contributed by atoms with van der Waals surface area (Å²) in [5, 5.41) is 11.3. The Balaban J connectivity index is 1.67. The fourth-order valence-electron chi connectivity index (χ4n) is 1.71. The molecule has 0 aliphatic rings. The van der Waals surface area contributed by atoms with E-state index >= 15 is 0 Å². The zero-order chi connectivity index (χ0) is 12.2. The highest BCUT2D eigenvalue weighted by molar-refractivity contribution is 5.73. The number of para-hydroxylation sites is 1. The molecule has 1 aromatic carbocycles. The van der Waals surface area contributed by atoms with Crippen molar-refractivity contribution in [3.8, 4) is 0 Å². The van der Waals surface area contributed by atoms with Crippen LogP contribution in [0.25, 0.3) is 11.0 Å². The van der Waals surface area contributed by atoms with Crippen LogP contribution in [-0.2, 0) is 6.42 Å². The summed E-state index contributed by atoms with van der Waals surface area (Å²) < 4.78 is 5.25. The van der Waals surface area contributed by atoms with Crippen molar-refractivity contribution in [1.29, 1.82) is 0 Å². The second-order valence-electron chi connectivity index (χ2n) is 3.88. The third-order valence-electron chi connectivity index (χ3n) is 2.60. The molecule has 2 aromatic heterocycles. The van der Waals surface area contributed by atoms with E-state index in [1.807, 2.05) is 36.4 Å². The van der Waals surface area contributed by atoms with Crippen molar-refractivity contribution in [3.05, 3.63) is 48.4 Å². The number of aromatic nitrogens is 3. The van der Waals surface area contributed by atoms with Gasteiger partial charge >= 0.3 is 0 Å². The summed E-state index contributed by atoms with van der Waals surface area (Å²) in [5.74, 6) is 1.48. The molecule has 0 amide bonds. The van der Waals surface area contributed by atoms with Gasteiger partial charge < -0.3 is 9.73 Å². The van der Waals surface area contributed by atoms with Crippen LogP contribution in [-0.4, -0.2) is 21.7 Å². The molecule has 0 fully saturated rings. The molecular weight excluding hydrogens is 228 g/mol. The summed E-state index contributed by atoms with van der Waals surface area (Å²) in [6, 6.07) is 11.5. The molecule has 0 aliphatic carbocycles. The lowest BCUT2D eigenvalue weighted by atomic mass is 10.3. The number of anilines is 1. The Morgan fingerprint density at radius 1 is 1.00 bits per heavy atom. The molecule has 0 unspecified atom stereocenters. The van der Waals surface area contributed by atoms with Crippen LogP contribution in [0.1, 0.15) is 5.76 Å². The maximum absolute atomic E-state index is 5.25. The van der Waals surface area contributed by atoms with Crippen molar-refractivity contribution in [1.82, 2.24) is 15.2 Å². The monoisotopic (exact) mass is 240 g/mol. The molecule has 3 aromatic rings. The van der Waals surface area contributed by atoms with E-state index in [0.29, 0.717) is 12.5 Å². The first-order valence-electron chi connectivity index (χ1n) is 5.77. The third kappa shape index (κ3) is 2.29. The van der Waals surface area contributed by atoms with Gasteiger partial charge in [-0.1, -0.05) is 12.1 Å². The van der Waals surface area contributed by atoms with Crippen LogP contribution < -0.4 is 5.32 Å². The van der Waals surface area contributed by atoms with Crippen LogP contribution in [0, 0.1) is 0 Å². The molecule has 0 spiro atoms. The Hall–Kier alpha value is -2.43. The van der Waals surface area contributed by atoms with Gasteiger partial charge in [-0.3, -0.25) is 0 Å². The van der Waals surface area contributed by atoms with Crippen LogP contribution in [0.3, 0.4) is 0 Å². The van der Waals surface area contributed by atoms with Gasteiger partial charge in [0.05, 0.1) is 11.8 Å². The number of fused-ring (bicyclic) bond motifs is 1. The second-order valence-corrected chi connectivity index (χ2v) is 3.88. The predicted octanol–water partition coefficient (Wildman–Crippen LogP) is 2.27. The SMILES string of the molecule is c1coc(CCNc2nnc3ccccc3n2)c1. The Morgan fingerprint density at radius 2 is 1.89 bits per heavy atom. The number of nitrogens with one attached hydrogen (secondary N) is 1. The van der Waals surface area contributed by atoms with Crippen LogP contribution in [0.4, 0.5) is 5.95 Å². The standard InChI is InChI=1S/C13H12N4O/c1-2-6-12-11(5-1)15-13(17-16-12)14-8-7-10-4-3-9-18-10/h1-6,9H,7-8H2,(H,14,15,17). The quantitative estimate of drug-likeness (QED) is 0.757. The molecule has 0 aliphatic heterocycles. The third-order valence-corrected chi connectivity index (χ3v) is 2.60. The molecule has 0 bridgehead atoms. The predicted molar refractivity (Wildman–Crippen MR) is 68.2 cm³/mol. The van der Waals surface area contributed by atoms with Crippen molar-refractivity contribution >= 4 is 17.0 Å². The van der Waals surface area contributed by atoms with Gasteiger partial charge in [0.1, 0.15) is 11.3 Å². The molecule has 1 N–H and O–H groups in total. The number of rotatable bonds is 4. The average molecular weight is 240 g/mol. The van der Waals surface area contributed by atoms with Gasteiger partial charge in [-0.15, -0.1) is 10.2 Å². The van der Waals surface area contributed by atoms with Gasteiger partial charge in [-0.2, -0.15) is 0 Å². The maximum Gasteiger partial charge on any atom is 0.243 e. The number of nitrogens with zero attached hydrogens (tertiary/aromatic N) is 3. The lowest BCUT2D eigenvalue weighted by Crippen LogP contribution is -2.08. The van der Waals surface area contributed by atoms with E-state index < -0.39 is 0 Å². The van der Waals surface area contributed by atoms with Crippen molar-refractivity contribution in [2.24, 2.45) is 0 Å². The molecule has 5 nitrogen and oxygen atoms in total. The zero-order valence-electron chi connectivity index (χ0n) is 9.71. The van der Waals surface area contributed by atoms with Gasteiger partial charge in [0.15, 0.2) is 0 Å². The second kappa shape index (κ2) is 4.83. The molecule has 0 radical (unpaired) electrons. The first kappa shape index (κ1) is 10.7. The molecular formula is C13H12N4O. The van der Waals surface area contributed by atoms with E-state index in [4.69, 9.17) is 4.42 Å². The molecule has 0 atom stereocenters. The molecule has 2 heterocycles. The van der Waals surface area contributed by atoms with Gasteiger partial charge in [-0.25, -0.2) is 4.98 Å². The van der Waals surface area contributed by atoms with Crippen LogP contribution in [0.2, 0.25) is 0 Å². The summed E-state index contributed by atoms with van der Waals surface area (Å²) in [6.45, 7) is 0.716. The molecule has 0 saturated heterocycles. The minimum Gasteiger partial charge on any atom is -0.469 e. The number of hydrogen-bond acceptors (Lipinski definition) is 5. The Labute approximate surface area is 104 Å². The molecule has 90 valence electrons. The molecule has 0 saturated carbocycles. The number of benzene rings is 1. The van der Waals surface area contributed by atoms with Gasteiger partial charge in [0.2, 0.25) is 5.95 Å². The maximum atomic E-state index is 5.25. The largest absolute Gasteiger partial charge is 0.469 e. The van der Waals surface area contributed by atoms with Crippen molar-refractivity contribution in [2.75, 3.05) is 11.9 Å². The molecule has 3 rings (SSSR count). The van der Waals surface area contributed by atoms with E-state index in [-0.39, 0.29) is 0 Å². The Kier molecular flexibility index (Phi) is 2.87. The summed E-state index contributed by atoms with van der Waals surface area (Å²) in [5.41, 5.74) is 1.64. The molecule has 18 heavy (non-hydrogen) atoms. The topological polar surface area (TPSA) is 63.8 Å². The van der Waals surface area contributed by atoms with E-state index in [0.717, 1.165) is 23.2 Å². The fraction of sp³-hybridized carbons (Fsp3) is 0.154. The summed E-state index contributed by atoms with van der Waals surface area (Å²) in [7, 11) is 0. The van der Waals surface area contributed by atoms with Gasteiger partial charge in [0.25, 0.3) is 0 Å². The number of hydrogen-bond donors (Lipinski definition) is 1. The van der Waals surface area contributed by atoms with E-state index in [2.05, 4.69) is 20.5 Å². The van der Waals surface area contributed by atoms with Crippen LogP contribution >= 0.6 is 0 Å². The number of furan rings is 1. The van der Waals surface area contributed by atoms with Crippen molar-refractivity contribution < 1.29 is 4.42 Å². The minimum atomic E-state index is 0.542. The first-order chi connectivity index (χ1) is 8.92. The highest BCUT2D eigenvalue weighted by Gasteiger charge is 2.01. The van der Waals surface area contributed by atoms with Crippen LogP contribution in [0.15, 0.2) is 47.1 Å². The lowest BCUT2D eigenvalue weighted by Gasteiger charge is -2.03. The average Bonchev–Trinajstić information content (AvgIpc) is 2.92. The molecule has 5 heteroatoms. The Morgan fingerprint density at radius 3 is 2.72 bits per heavy atom. The summed E-state index contributed by atoms with van der Waals surface area (Å²) in [4.78, 5) is 4.38. The normalized spacial score (nSPS) is 10.7. The first-order valence-corrected chi connectivity index (χ1v) is 5.77. The summed E-state index contributed by atoms with van der Waals surface area (Å²) >= 11 is 0. The highest BCUT2D eigenvalue weighted by atomic mass is 16.3. The van der Waals surface area contributed by atoms with Gasteiger partial charge in [-0.05, 0) is 24.3 Å². The van der Waals surface area contributed by atoms with Crippen LogP contribution in [0.5, 0.6) is 0 Å². The summed E-state index contributed by atoms with van der Waals surface area (Å²) in [6.07, 6.45) is 2.46. The highest BCUT2D eigenvalue weighted by Crippen LogP contribution is 2.09. The van der Waals surface area contributed by atoms with E-state index in [9.17, 15) is 0 Å². The lowest BCUT2D eigenvalue weighted by molar-refractivity contribution is 0.512. The van der Waals surface area contributed by atoms with Crippen molar-refractivity contribution in [3.63, 3.8) is 0 Å². The van der Waals surface area contributed by atoms with Crippen molar-refractivity contribution in [2.45, 2.75) is 6.42 Å². The Bertz CT molecular complexity index is 636.